The molecule has 3 aromatic rings. The fourth-order valence-electron chi connectivity index (χ4n) is 3.29. The van der Waals surface area contributed by atoms with Crippen molar-refractivity contribution in [3.05, 3.63) is 53.5 Å². The van der Waals surface area contributed by atoms with Crippen molar-refractivity contribution in [3.8, 4) is 5.69 Å². The summed E-state index contributed by atoms with van der Waals surface area (Å²) in [5, 5.41) is 9.17. The number of aliphatic carboxylic acids is 1. The van der Waals surface area contributed by atoms with Gasteiger partial charge in [-0.05, 0) is 43.0 Å². The summed E-state index contributed by atoms with van der Waals surface area (Å²) in [6.45, 7) is 7.26. The highest BCUT2D eigenvalue weighted by Crippen LogP contribution is 2.23. The lowest BCUT2D eigenvalue weighted by molar-refractivity contribution is -0.142. The summed E-state index contributed by atoms with van der Waals surface area (Å²) in [6.07, 6.45) is 3.03. The summed E-state index contributed by atoms with van der Waals surface area (Å²) in [4.78, 5) is 31.9. The summed E-state index contributed by atoms with van der Waals surface area (Å²) < 4.78 is 2.01. The number of hydrogen-bond donors (Lipinski definition) is 1. The first-order chi connectivity index (χ1) is 13.3. The number of Topliss-reactive ketones (excluding diaryl/α,β-unsaturated/α-hetero) is 1. The number of imidazole rings is 1. The SMILES string of the molecule is CCc1nc2cc(C(C)=O)cnc2n1-c1ccc(C[C@H](C)C(C)C(=O)O)cc1. The van der Waals surface area contributed by atoms with E-state index in [4.69, 9.17) is 0 Å². The number of carboxylic acids is 1. The van der Waals surface area contributed by atoms with E-state index < -0.39 is 5.97 Å². The second-order valence-electron chi connectivity index (χ2n) is 7.31. The monoisotopic (exact) mass is 379 g/mol. The second-order valence-corrected chi connectivity index (χ2v) is 7.31. The predicted octanol–water partition coefficient (Wildman–Crippen LogP) is 4.08. The van der Waals surface area contributed by atoms with E-state index >= 15 is 0 Å². The molecule has 0 spiro atoms. The summed E-state index contributed by atoms with van der Waals surface area (Å²) in [7, 11) is 0. The lowest BCUT2D eigenvalue weighted by atomic mass is 9.90. The molecule has 2 atom stereocenters. The maximum Gasteiger partial charge on any atom is 0.306 e. The van der Waals surface area contributed by atoms with Gasteiger partial charge in [0.25, 0.3) is 0 Å². The number of nitrogens with zero attached hydrogens (tertiary/aromatic N) is 3. The van der Waals surface area contributed by atoms with Crippen molar-refractivity contribution < 1.29 is 14.7 Å². The molecule has 1 N–H and O–H groups in total. The number of aromatic nitrogens is 3. The largest absolute Gasteiger partial charge is 0.481 e. The highest BCUT2D eigenvalue weighted by Gasteiger charge is 2.20. The molecule has 0 aliphatic rings. The van der Waals surface area contributed by atoms with Crippen molar-refractivity contribution in [1.29, 1.82) is 0 Å². The van der Waals surface area contributed by atoms with Gasteiger partial charge in [-0.2, -0.15) is 0 Å². The maximum atomic E-state index is 11.6. The Bertz CT molecular complexity index is 1020. The summed E-state index contributed by atoms with van der Waals surface area (Å²) >= 11 is 0. The third-order valence-electron chi connectivity index (χ3n) is 5.28. The molecule has 0 saturated carbocycles. The fraction of sp³-hybridized carbons (Fsp3) is 0.364. The number of carbonyl (C=O) groups is 2. The third kappa shape index (κ3) is 3.81. The van der Waals surface area contributed by atoms with Crippen LogP contribution < -0.4 is 0 Å². The van der Waals surface area contributed by atoms with Crippen LogP contribution in [0.15, 0.2) is 36.5 Å². The Morgan fingerprint density at radius 3 is 2.43 bits per heavy atom. The first kappa shape index (κ1) is 19.7. The van der Waals surface area contributed by atoms with Crippen LogP contribution in [-0.4, -0.2) is 31.4 Å². The second kappa shape index (κ2) is 7.92. The van der Waals surface area contributed by atoms with Gasteiger partial charge in [0, 0.05) is 23.9 Å². The van der Waals surface area contributed by atoms with Crippen LogP contribution in [0.1, 0.15) is 49.4 Å². The molecular weight excluding hydrogens is 354 g/mol. The Labute approximate surface area is 164 Å². The van der Waals surface area contributed by atoms with Crippen molar-refractivity contribution in [1.82, 2.24) is 14.5 Å². The van der Waals surface area contributed by atoms with Crippen LogP contribution in [0.4, 0.5) is 0 Å². The molecule has 28 heavy (non-hydrogen) atoms. The van der Waals surface area contributed by atoms with Gasteiger partial charge in [0.15, 0.2) is 11.4 Å². The fourth-order valence-corrected chi connectivity index (χ4v) is 3.29. The van der Waals surface area contributed by atoms with Crippen LogP contribution >= 0.6 is 0 Å². The minimum Gasteiger partial charge on any atom is -0.481 e. The third-order valence-corrected chi connectivity index (χ3v) is 5.28. The molecule has 0 radical (unpaired) electrons. The minimum absolute atomic E-state index is 0.0314. The molecule has 146 valence electrons. The zero-order valence-corrected chi connectivity index (χ0v) is 16.6. The van der Waals surface area contributed by atoms with Crippen LogP contribution in [0.2, 0.25) is 0 Å². The van der Waals surface area contributed by atoms with Crippen LogP contribution in [0.5, 0.6) is 0 Å². The Hall–Kier alpha value is -3.02. The number of fused-ring (bicyclic) bond motifs is 1. The van der Waals surface area contributed by atoms with Gasteiger partial charge >= 0.3 is 5.97 Å². The normalized spacial score (nSPS) is 13.4. The lowest BCUT2D eigenvalue weighted by Crippen LogP contribution is -2.19. The predicted molar refractivity (Wildman–Crippen MR) is 108 cm³/mol. The van der Waals surface area contributed by atoms with Gasteiger partial charge in [-0.3, -0.25) is 14.2 Å². The van der Waals surface area contributed by atoms with Gasteiger partial charge in [-0.1, -0.05) is 32.9 Å². The van der Waals surface area contributed by atoms with Gasteiger partial charge in [0.2, 0.25) is 0 Å². The van der Waals surface area contributed by atoms with E-state index in [1.807, 2.05) is 42.7 Å². The van der Waals surface area contributed by atoms with Crippen molar-refractivity contribution in [3.63, 3.8) is 0 Å². The number of hydrogen-bond acceptors (Lipinski definition) is 4. The smallest absolute Gasteiger partial charge is 0.306 e. The number of aryl methyl sites for hydroxylation is 1. The van der Waals surface area contributed by atoms with Gasteiger partial charge in [0.05, 0.1) is 5.92 Å². The lowest BCUT2D eigenvalue weighted by Gasteiger charge is -2.16. The zero-order valence-electron chi connectivity index (χ0n) is 16.6. The average Bonchev–Trinajstić information content (AvgIpc) is 3.05. The molecule has 1 aromatic carbocycles. The van der Waals surface area contributed by atoms with Crippen molar-refractivity contribution >= 4 is 22.9 Å². The van der Waals surface area contributed by atoms with Crippen LogP contribution in [0.3, 0.4) is 0 Å². The van der Waals surface area contributed by atoms with E-state index in [1.165, 1.54) is 6.92 Å². The van der Waals surface area contributed by atoms with E-state index in [0.29, 0.717) is 17.5 Å². The van der Waals surface area contributed by atoms with E-state index in [9.17, 15) is 14.7 Å². The van der Waals surface area contributed by atoms with Gasteiger partial charge in [-0.25, -0.2) is 9.97 Å². The van der Waals surface area contributed by atoms with Crippen LogP contribution in [-0.2, 0) is 17.6 Å². The van der Waals surface area contributed by atoms with E-state index in [0.717, 1.165) is 29.1 Å². The quantitative estimate of drug-likeness (QED) is 0.625. The van der Waals surface area contributed by atoms with E-state index in [-0.39, 0.29) is 17.6 Å². The topological polar surface area (TPSA) is 85.1 Å². The number of pyridine rings is 1. The molecule has 0 bridgehead atoms. The molecular formula is C22H25N3O3. The van der Waals surface area contributed by atoms with Crippen molar-refractivity contribution in [2.24, 2.45) is 11.8 Å². The summed E-state index contributed by atoms with van der Waals surface area (Å²) in [6, 6.07) is 9.84. The number of ketones is 1. The molecule has 6 heteroatoms. The molecule has 0 amide bonds. The van der Waals surface area contributed by atoms with Gasteiger partial charge in [0.1, 0.15) is 11.3 Å². The molecule has 0 aliphatic carbocycles. The molecule has 0 aliphatic heterocycles. The molecule has 0 saturated heterocycles. The molecule has 6 nitrogen and oxygen atoms in total. The maximum absolute atomic E-state index is 11.6. The molecule has 0 fully saturated rings. The van der Waals surface area contributed by atoms with Crippen LogP contribution in [0.25, 0.3) is 16.9 Å². The highest BCUT2D eigenvalue weighted by molar-refractivity contribution is 5.96. The van der Waals surface area contributed by atoms with E-state index in [1.54, 1.807) is 19.2 Å². The highest BCUT2D eigenvalue weighted by atomic mass is 16.4. The van der Waals surface area contributed by atoms with Gasteiger partial charge in [-0.15, -0.1) is 0 Å². The Morgan fingerprint density at radius 1 is 1.18 bits per heavy atom. The number of benzene rings is 1. The van der Waals surface area contributed by atoms with Crippen LogP contribution in [0, 0.1) is 11.8 Å². The summed E-state index contributed by atoms with van der Waals surface area (Å²) in [5.41, 5.74) is 4.03. The molecule has 2 heterocycles. The zero-order chi connectivity index (χ0) is 20.4. The average molecular weight is 379 g/mol. The number of carbonyl (C=O) groups excluding carboxylic acids is 1. The molecule has 2 aromatic heterocycles. The number of carboxylic acid groups (broad SMARTS) is 1. The minimum atomic E-state index is -0.766. The molecule has 1 unspecified atom stereocenters. The first-order valence-corrected chi connectivity index (χ1v) is 9.52. The first-order valence-electron chi connectivity index (χ1n) is 9.52. The Kier molecular flexibility index (Phi) is 5.58. The standard InChI is InChI=1S/C22H25N3O3/c1-5-20-24-19-11-17(15(4)26)12-23-21(19)25(20)18-8-6-16(7-9-18)10-13(2)14(3)22(27)28/h6-9,11-14H,5,10H2,1-4H3,(H,27,28)/t13-,14?/m0/s1. The Balaban J connectivity index is 1.94. The summed E-state index contributed by atoms with van der Waals surface area (Å²) in [5.74, 6) is -0.253. The van der Waals surface area contributed by atoms with E-state index in [2.05, 4.69) is 9.97 Å². The molecule has 3 rings (SSSR count). The van der Waals surface area contributed by atoms with Gasteiger partial charge < -0.3 is 5.11 Å². The Morgan fingerprint density at radius 2 is 1.86 bits per heavy atom. The van der Waals surface area contributed by atoms with Crippen molar-refractivity contribution in [2.75, 3.05) is 0 Å². The van der Waals surface area contributed by atoms with Crippen molar-refractivity contribution in [2.45, 2.75) is 40.5 Å². The number of rotatable bonds is 7.